The summed E-state index contributed by atoms with van der Waals surface area (Å²) in [4.78, 5) is 24.3. The first-order chi connectivity index (χ1) is 12.3. The van der Waals surface area contributed by atoms with Crippen LogP contribution in [-0.2, 0) is 0 Å². The van der Waals surface area contributed by atoms with Crippen LogP contribution in [0, 0.1) is 21.7 Å². The van der Waals surface area contributed by atoms with Crippen molar-refractivity contribution in [1.29, 1.82) is 0 Å². The molecule has 1 saturated heterocycles. The van der Waals surface area contributed by atoms with E-state index in [4.69, 9.17) is 4.74 Å². The number of rotatable bonds is 2. The average Bonchev–Trinajstić information content (AvgIpc) is 2.57. The minimum Gasteiger partial charge on any atom is -0.467 e. The third kappa shape index (κ3) is 2.35. The Labute approximate surface area is 146 Å². The predicted molar refractivity (Wildman–Crippen MR) is 86.9 cm³/mol. The first-order valence-corrected chi connectivity index (χ1v) is 7.82. The lowest BCUT2D eigenvalue weighted by Crippen LogP contribution is -2.65. The van der Waals surface area contributed by atoms with Crippen molar-refractivity contribution in [2.45, 2.75) is 25.1 Å². The van der Waals surface area contributed by atoms with Crippen molar-refractivity contribution in [1.82, 2.24) is 5.32 Å². The van der Waals surface area contributed by atoms with E-state index in [0.29, 0.717) is 11.3 Å². The zero-order valence-corrected chi connectivity index (χ0v) is 13.5. The van der Waals surface area contributed by atoms with Crippen molar-refractivity contribution in [3.05, 3.63) is 63.7 Å². The van der Waals surface area contributed by atoms with E-state index in [1.807, 2.05) is 0 Å². The van der Waals surface area contributed by atoms with Crippen molar-refractivity contribution in [2.75, 3.05) is 4.90 Å². The van der Waals surface area contributed by atoms with Crippen molar-refractivity contribution < 1.29 is 23.2 Å². The Morgan fingerprint density at radius 3 is 2.73 bits per heavy atom. The van der Waals surface area contributed by atoms with Gasteiger partial charge in [-0.2, -0.15) is 0 Å². The molecule has 2 aliphatic rings. The van der Waals surface area contributed by atoms with Crippen LogP contribution in [0.1, 0.15) is 24.9 Å². The third-order valence-electron chi connectivity index (χ3n) is 4.63. The number of benzene rings is 2. The Morgan fingerprint density at radius 1 is 1.27 bits per heavy atom. The summed E-state index contributed by atoms with van der Waals surface area (Å²) in [5.41, 5.74) is -0.601. The molecule has 2 aliphatic heterocycles. The van der Waals surface area contributed by atoms with Gasteiger partial charge in [0.1, 0.15) is 5.75 Å². The number of hydrogen-bond acceptors (Lipinski definition) is 4. The van der Waals surface area contributed by atoms with Crippen LogP contribution in [0.3, 0.4) is 0 Å². The maximum absolute atomic E-state index is 13.6. The van der Waals surface area contributed by atoms with E-state index in [-0.39, 0.29) is 17.8 Å². The highest BCUT2D eigenvalue weighted by Gasteiger charge is 2.50. The fraction of sp³-hybridized carbons (Fsp3) is 0.235. The molecule has 7 nitrogen and oxygen atoms in total. The van der Waals surface area contributed by atoms with Crippen LogP contribution in [-0.4, -0.2) is 16.7 Å². The quantitative estimate of drug-likeness (QED) is 0.654. The summed E-state index contributed by atoms with van der Waals surface area (Å²) in [7, 11) is 0. The van der Waals surface area contributed by atoms with Gasteiger partial charge >= 0.3 is 6.03 Å². The third-order valence-corrected chi connectivity index (χ3v) is 4.63. The molecule has 2 aromatic rings. The number of nitrogens with one attached hydrogen (secondary N) is 1. The first-order valence-electron chi connectivity index (χ1n) is 7.82. The minimum absolute atomic E-state index is 0.103. The summed E-state index contributed by atoms with van der Waals surface area (Å²) in [5, 5.41) is 13.7. The Morgan fingerprint density at radius 2 is 2.04 bits per heavy atom. The summed E-state index contributed by atoms with van der Waals surface area (Å²) in [5.74, 6) is -1.70. The molecular weight excluding hydrogens is 348 g/mol. The molecule has 0 aromatic heterocycles. The van der Waals surface area contributed by atoms with E-state index in [1.54, 1.807) is 6.92 Å². The van der Waals surface area contributed by atoms with Gasteiger partial charge in [0.15, 0.2) is 17.4 Å². The molecule has 1 N–H and O–H groups in total. The van der Waals surface area contributed by atoms with Gasteiger partial charge in [0.25, 0.3) is 5.69 Å². The normalized spacial score (nSPS) is 23.7. The molecular formula is C17H13F2N3O4. The van der Waals surface area contributed by atoms with Crippen LogP contribution in [0.2, 0.25) is 0 Å². The standard InChI is InChI=1S/C17H13F2N3O4/c1-17-8-14(11-6-10(22(24)25)3-5-15(11)26-17)20-16(23)21(17)9-2-4-12(18)13(19)7-9/h2-7,14H,8H2,1H3,(H,20,23)/t14-,17+/m0/s1. The van der Waals surface area contributed by atoms with Crippen molar-refractivity contribution in [3.63, 3.8) is 0 Å². The van der Waals surface area contributed by atoms with E-state index in [1.165, 1.54) is 29.2 Å². The van der Waals surface area contributed by atoms with Gasteiger partial charge in [-0.1, -0.05) is 0 Å². The summed E-state index contributed by atoms with van der Waals surface area (Å²) in [6.45, 7) is 1.66. The zero-order valence-electron chi connectivity index (χ0n) is 13.5. The number of non-ortho nitro benzene ring substituents is 1. The molecule has 4 rings (SSSR count). The number of nitrogens with zero attached hydrogens (tertiary/aromatic N) is 2. The molecule has 0 unspecified atom stereocenters. The number of nitro groups is 1. The number of anilines is 1. The lowest BCUT2D eigenvalue weighted by Gasteiger charge is -2.50. The summed E-state index contributed by atoms with van der Waals surface area (Å²) in [6.07, 6.45) is 0.284. The number of hydrogen-bond donors (Lipinski definition) is 1. The Hall–Kier alpha value is -3.23. The van der Waals surface area contributed by atoms with E-state index in [0.717, 1.165) is 12.1 Å². The van der Waals surface area contributed by atoms with E-state index < -0.39 is 34.4 Å². The van der Waals surface area contributed by atoms with Crippen LogP contribution < -0.4 is 15.0 Å². The molecule has 2 bridgehead atoms. The molecule has 0 saturated carbocycles. The first kappa shape index (κ1) is 16.2. The monoisotopic (exact) mass is 361 g/mol. The van der Waals surface area contributed by atoms with Crippen LogP contribution >= 0.6 is 0 Å². The molecule has 2 atom stereocenters. The van der Waals surface area contributed by atoms with Crippen molar-refractivity contribution in [3.8, 4) is 5.75 Å². The van der Waals surface area contributed by atoms with Crippen LogP contribution in [0.15, 0.2) is 36.4 Å². The predicted octanol–water partition coefficient (Wildman–Crippen LogP) is 3.64. The highest BCUT2D eigenvalue weighted by atomic mass is 19.2. The van der Waals surface area contributed by atoms with Gasteiger partial charge in [-0.15, -0.1) is 0 Å². The Balaban J connectivity index is 1.78. The van der Waals surface area contributed by atoms with Gasteiger partial charge in [-0.25, -0.2) is 13.6 Å². The van der Waals surface area contributed by atoms with Gasteiger partial charge in [-0.3, -0.25) is 15.0 Å². The largest absolute Gasteiger partial charge is 0.467 e. The summed E-state index contributed by atoms with van der Waals surface area (Å²) in [6, 6.07) is 6.25. The molecule has 1 fully saturated rings. The molecule has 2 heterocycles. The number of fused-ring (bicyclic) bond motifs is 4. The highest BCUT2D eigenvalue weighted by Crippen LogP contribution is 2.46. The number of halogens is 2. The summed E-state index contributed by atoms with van der Waals surface area (Å²) >= 11 is 0. The molecule has 9 heteroatoms. The van der Waals surface area contributed by atoms with Crippen LogP contribution in [0.4, 0.5) is 25.0 Å². The second-order valence-electron chi connectivity index (χ2n) is 6.40. The number of amides is 2. The lowest BCUT2D eigenvalue weighted by atomic mass is 9.90. The maximum atomic E-state index is 13.6. The van der Waals surface area contributed by atoms with Crippen LogP contribution in [0.5, 0.6) is 5.75 Å². The lowest BCUT2D eigenvalue weighted by molar-refractivity contribution is -0.385. The van der Waals surface area contributed by atoms with Crippen molar-refractivity contribution in [2.24, 2.45) is 0 Å². The summed E-state index contributed by atoms with van der Waals surface area (Å²) < 4.78 is 32.8. The number of ether oxygens (including phenoxy) is 1. The zero-order chi connectivity index (χ0) is 18.6. The fourth-order valence-corrected chi connectivity index (χ4v) is 3.49. The average molecular weight is 361 g/mol. The molecule has 2 aromatic carbocycles. The molecule has 0 spiro atoms. The van der Waals surface area contributed by atoms with E-state index >= 15 is 0 Å². The second kappa shape index (κ2) is 5.38. The van der Waals surface area contributed by atoms with Crippen LogP contribution in [0.25, 0.3) is 0 Å². The molecule has 26 heavy (non-hydrogen) atoms. The molecule has 134 valence electrons. The van der Waals surface area contributed by atoms with Gasteiger partial charge in [0.05, 0.1) is 16.7 Å². The Bertz CT molecular complexity index is 952. The van der Waals surface area contributed by atoms with E-state index in [2.05, 4.69) is 5.32 Å². The molecule has 2 amide bonds. The van der Waals surface area contributed by atoms with Crippen molar-refractivity contribution >= 4 is 17.4 Å². The molecule has 0 radical (unpaired) electrons. The van der Waals surface area contributed by atoms with Gasteiger partial charge < -0.3 is 10.1 Å². The number of nitro benzene ring substituents is 1. The fourth-order valence-electron chi connectivity index (χ4n) is 3.49. The number of carbonyl (C=O) groups is 1. The second-order valence-corrected chi connectivity index (χ2v) is 6.40. The SMILES string of the molecule is C[C@@]12C[C@H](NC(=O)N1c1ccc(F)c(F)c1)c1cc([N+](=O)[O-])ccc1O2. The Kier molecular flexibility index (Phi) is 3.36. The maximum Gasteiger partial charge on any atom is 0.325 e. The minimum atomic E-state index is -1.15. The topological polar surface area (TPSA) is 84.7 Å². The van der Waals surface area contributed by atoms with E-state index in [9.17, 15) is 23.7 Å². The van der Waals surface area contributed by atoms with Gasteiger partial charge in [0.2, 0.25) is 0 Å². The highest BCUT2D eigenvalue weighted by molar-refractivity contribution is 5.94. The smallest absolute Gasteiger partial charge is 0.325 e. The number of carbonyl (C=O) groups excluding carboxylic acids is 1. The number of urea groups is 1. The van der Waals surface area contributed by atoms with Gasteiger partial charge in [-0.05, 0) is 25.1 Å². The van der Waals surface area contributed by atoms with Gasteiger partial charge in [0, 0.05) is 30.2 Å². The molecule has 0 aliphatic carbocycles.